The van der Waals surface area contributed by atoms with Crippen LogP contribution in [0.3, 0.4) is 0 Å². The van der Waals surface area contributed by atoms with Gasteiger partial charge in [0.1, 0.15) is 0 Å². The normalized spacial score (nSPS) is 23.5. The van der Waals surface area contributed by atoms with E-state index in [0.717, 1.165) is 0 Å². The summed E-state index contributed by atoms with van der Waals surface area (Å²) < 4.78 is 1.22. The average molecular weight is 197 g/mol. The van der Waals surface area contributed by atoms with Crippen LogP contribution in [0.25, 0.3) is 0 Å². The number of hydrogen-bond donors (Lipinski definition) is 0. The van der Waals surface area contributed by atoms with Crippen LogP contribution in [0.4, 0.5) is 0 Å². The Bertz CT molecular complexity index is 40.1. The van der Waals surface area contributed by atoms with Gasteiger partial charge in [0.2, 0.25) is 0 Å². The van der Waals surface area contributed by atoms with Crippen molar-refractivity contribution in [2.75, 3.05) is 17.6 Å². The van der Waals surface area contributed by atoms with E-state index < -0.39 is 0 Å². The quantitative estimate of drug-likeness (QED) is 0.345. The number of rotatable bonds is 1. The second kappa shape index (κ2) is 2.12. The number of halogens is 1. The van der Waals surface area contributed by atoms with Gasteiger partial charge in [0.05, 0.1) is 4.55 Å². The molecule has 36 valence electrons. The average Bonchev–Trinajstić information content (AvgIpc) is 1.31. The maximum Gasteiger partial charge on any atom is 0.0505 e. The molecule has 2 heteroatoms. The van der Waals surface area contributed by atoms with E-state index >= 15 is 0 Å². The van der Waals surface area contributed by atoms with E-state index in [2.05, 4.69) is 27.5 Å². The van der Waals surface area contributed by atoms with Gasteiger partial charge in [-0.1, -0.05) is 22.6 Å². The van der Waals surface area contributed by atoms with Crippen LogP contribution in [0.15, 0.2) is 0 Å². The lowest BCUT2D eigenvalue weighted by Crippen LogP contribution is -2.35. The summed E-state index contributed by atoms with van der Waals surface area (Å²) in [5.74, 6) is 0. The van der Waals surface area contributed by atoms with Gasteiger partial charge in [-0.2, -0.15) is 0 Å². The Morgan fingerprint density at radius 1 is 1.50 bits per heavy atom. The van der Waals surface area contributed by atoms with E-state index in [1.165, 1.54) is 24.1 Å². The van der Waals surface area contributed by atoms with Crippen LogP contribution >= 0.6 is 22.6 Å². The van der Waals surface area contributed by atoms with Crippen LogP contribution in [0, 0.1) is 0 Å². The largest absolute Gasteiger partial charge is 0.294 e. The van der Waals surface area contributed by atoms with Crippen molar-refractivity contribution in [1.29, 1.82) is 0 Å². The van der Waals surface area contributed by atoms with E-state index in [1.54, 1.807) is 0 Å². The monoisotopic (exact) mass is 197 g/mol. The lowest BCUT2D eigenvalue weighted by molar-refractivity contribution is 0.224. The first-order valence-corrected chi connectivity index (χ1v) is 3.74. The van der Waals surface area contributed by atoms with Crippen molar-refractivity contribution in [1.82, 2.24) is 4.90 Å². The topological polar surface area (TPSA) is 3.24 Å². The van der Waals surface area contributed by atoms with Gasteiger partial charge in [-0.15, -0.1) is 0 Å². The summed E-state index contributed by atoms with van der Waals surface area (Å²) in [6.45, 7) is 2.67. The molecule has 0 N–H and O–H groups in total. The predicted molar refractivity (Wildman–Crippen MR) is 35.1 cm³/mol. The van der Waals surface area contributed by atoms with Crippen molar-refractivity contribution >= 4 is 22.6 Å². The molecule has 0 bridgehead atoms. The first-order chi connectivity index (χ1) is 2.93. The third kappa shape index (κ3) is 0.846. The summed E-state index contributed by atoms with van der Waals surface area (Å²) >= 11 is 2.39. The molecule has 0 saturated carbocycles. The van der Waals surface area contributed by atoms with Crippen LogP contribution in [0.1, 0.15) is 6.42 Å². The number of likely N-dealkylation sites (tertiary alicyclic amines) is 1. The van der Waals surface area contributed by atoms with Gasteiger partial charge >= 0.3 is 0 Å². The van der Waals surface area contributed by atoms with Gasteiger partial charge in [0, 0.05) is 13.1 Å². The maximum absolute atomic E-state index is 2.42. The molecule has 0 amide bonds. The molecular weight excluding hydrogens is 189 g/mol. The van der Waals surface area contributed by atoms with Gasteiger partial charge in [0.25, 0.3) is 0 Å². The zero-order chi connectivity index (χ0) is 4.41. The van der Waals surface area contributed by atoms with Crippen LogP contribution in [0.5, 0.6) is 0 Å². The van der Waals surface area contributed by atoms with Gasteiger partial charge in [-0.05, 0) is 6.42 Å². The first kappa shape index (κ1) is 4.84. The smallest absolute Gasteiger partial charge is 0.0505 e. The zero-order valence-corrected chi connectivity index (χ0v) is 5.81. The van der Waals surface area contributed by atoms with Gasteiger partial charge in [-0.25, -0.2) is 0 Å². The molecule has 6 heavy (non-hydrogen) atoms. The summed E-state index contributed by atoms with van der Waals surface area (Å²) in [5.41, 5.74) is 0. The fraction of sp³-hybridized carbons (Fsp3) is 1.00. The number of alkyl halides is 1. The molecule has 0 radical (unpaired) electrons. The fourth-order valence-electron chi connectivity index (χ4n) is 0.501. The highest BCUT2D eigenvalue weighted by Crippen LogP contribution is 2.06. The lowest BCUT2D eigenvalue weighted by atomic mass is 10.2. The third-order valence-corrected chi connectivity index (χ3v) is 2.08. The number of nitrogens with zero attached hydrogens (tertiary/aromatic N) is 1. The molecule has 0 aromatic carbocycles. The molecule has 1 fully saturated rings. The molecule has 0 aromatic rings. The highest BCUT2D eigenvalue weighted by atomic mass is 127. The minimum absolute atomic E-state index is 1.22. The highest BCUT2D eigenvalue weighted by molar-refractivity contribution is 14.1. The Kier molecular flexibility index (Phi) is 1.71. The SMILES string of the molecule is ICN1CCC1. The molecule has 0 spiro atoms. The van der Waals surface area contributed by atoms with Crippen LogP contribution in [-0.4, -0.2) is 22.5 Å². The van der Waals surface area contributed by atoms with E-state index in [9.17, 15) is 0 Å². The Morgan fingerprint density at radius 2 is 2.17 bits per heavy atom. The van der Waals surface area contributed by atoms with Gasteiger partial charge in [0.15, 0.2) is 0 Å². The molecule has 0 aromatic heterocycles. The standard InChI is InChI=1S/C4H8IN/c5-4-6-2-1-3-6/h1-4H2. The molecule has 1 nitrogen and oxygen atoms in total. The first-order valence-electron chi connectivity index (χ1n) is 2.22. The highest BCUT2D eigenvalue weighted by Gasteiger charge is 2.09. The number of hydrogen-bond acceptors (Lipinski definition) is 1. The van der Waals surface area contributed by atoms with E-state index in [1.807, 2.05) is 0 Å². The summed E-state index contributed by atoms with van der Waals surface area (Å²) in [7, 11) is 0. The molecule has 1 saturated heterocycles. The summed E-state index contributed by atoms with van der Waals surface area (Å²) in [6, 6.07) is 0. The van der Waals surface area contributed by atoms with Crippen molar-refractivity contribution in [2.24, 2.45) is 0 Å². The van der Waals surface area contributed by atoms with E-state index in [-0.39, 0.29) is 0 Å². The molecular formula is C4H8IN. The Labute approximate surface area is 51.8 Å². The van der Waals surface area contributed by atoms with Crippen molar-refractivity contribution in [2.45, 2.75) is 6.42 Å². The predicted octanol–water partition coefficient (Wildman–Crippen LogP) is 1.08. The molecule has 0 unspecified atom stereocenters. The Morgan fingerprint density at radius 3 is 2.17 bits per heavy atom. The summed E-state index contributed by atoms with van der Waals surface area (Å²) in [6.07, 6.45) is 1.42. The van der Waals surface area contributed by atoms with Crippen LogP contribution in [0.2, 0.25) is 0 Å². The molecule has 1 aliphatic rings. The summed E-state index contributed by atoms with van der Waals surface area (Å²) in [5, 5.41) is 0. The minimum Gasteiger partial charge on any atom is -0.294 e. The maximum atomic E-state index is 2.42. The van der Waals surface area contributed by atoms with Crippen LogP contribution < -0.4 is 0 Å². The second-order valence-corrected chi connectivity index (χ2v) is 2.27. The van der Waals surface area contributed by atoms with Gasteiger partial charge < -0.3 is 0 Å². The van der Waals surface area contributed by atoms with Gasteiger partial charge in [-0.3, -0.25) is 4.90 Å². The van der Waals surface area contributed by atoms with Crippen molar-refractivity contribution in [3.8, 4) is 0 Å². The van der Waals surface area contributed by atoms with Crippen molar-refractivity contribution < 1.29 is 0 Å². The fourth-order valence-corrected chi connectivity index (χ4v) is 1.18. The molecule has 1 heterocycles. The summed E-state index contributed by atoms with van der Waals surface area (Å²) in [4.78, 5) is 2.42. The molecule has 1 aliphatic heterocycles. The van der Waals surface area contributed by atoms with Crippen molar-refractivity contribution in [3.05, 3.63) is 0 Å². The second-order valence-electron chi connectivity index (χ2n) is 1.59. The third-order valence-electron chi connectivity index (χ3n) is 1.12. The minimum atomic E-state index is 1.22. The van der Waals surface area contributed by atoms with Crippen molar-refractivity contribution in [3.63, 3.8) is 0 Å². The lowest BCUT2D eigenvalue weighted by Gasteiger charge is -2.27. The Hall–Kier alpha value is 0.690. The molecule has 0 aliphatic carbocycles. The molecule has 0 atom stereocenters. The molecule has 1 rings (SSSR count). The Balaban J connectivity index is 2.01. The van der Waals surface area contributed by atoms with E-state index in [4.69, 9.17) is 0 Å². The zero-order valence-electron chi connectivity index (χ0n) is 3.65. The van der Waals surface area contributed by atoms with Crippen LogP contribution in [-0.2, 0) is 0 Å². The van der Waals surface area contributed by atoms with E-state index in [0.29, 0.717) is 0 Å².